The van der Waals surface area contributed by atoms with E-state index in [9.17, 15) is 39.2 Å². The molecule has 0 aromatic heterocycles. The third kappa shape index (κ3) is 6.96. The maximum Gasteiger partial charge on any atom is 0.422 e. The summed E-state index contributed by atoms with van der Waals surface area (Å²) in [6, 6.07) is 0. The van der Waals surface area contributed by atoms with Crippen molar-refractivity contribution in [3.63, 3.8) is 0 Å². The average Bonchev–Trinajstić information content (AvgIpc) is 2.10. The Morgan fingerprint density at radius 2 is 1.50 bits per heavy atom. The minimum Gasteiger partial charge on any atom is -0.234 e. The fraction of sp³-hybridized carbons (Fsp3) is 1.00. The maximum atomic E-state index is 13.3. The number of hydrogen-bond acceptors (Lipinski definition) is 2. The molecule has 0 N–H and O–H groups in total. The van der Waals surface area contributed by atoms with Crippen molar-refractivity contribution in [2.75, 3.05) is 5.75 Å². The molecule has 0 fully saturated rings. The molecule has 0 radical (unpaired) electrons. The van der Waals surface area contributed by atoms with Crippen LogP contribution >= 0.6 is 10.7 Å². The van der Waals surface area contributed by atoms with Crippen molar-refractivity contribution >= 4 is 19.7 Å². The van der Waals surface area contributed by atoms with Gasteiger partial charge in [0.1, 0.15) is 0 Å². The van der Waals surface area contributed by atoms with Gasteiger partial charge in [0.15, 0.2) is 0 Å². The minimum absolute atomic E-state index is 0.0179. The highest BCUT2D eigenvalue weighted by atomic mass is 35.7. The van der Waals surface area contributed by atoms with E-state index in [0.29, 0.717) is 0 Å². The summed E-state index contributed by atoms with van der Waals surface area (Å²) in [7, 11) is 0.725. The molecule has 122 valence electrons. The Morgan fingerprint density at radius 3 is 1.80 bits per heavy atom. The zero-order valence-corrected chi connectivity index (χ0v) is 11.7. The van der Waals surface area contributed by atoms with E-state index in [1.54, 1.807) is 0 Å². The normalized spacial score (nSPS) is 18.6. The summed E-state index contributed by atoms with van der Waals surface area (Å²) in [6.45, 7) is 0.0179. The summed E-state index contributed by atoms with van der Waals surface area (Å²) in [5.41, 5.74) is -4.01. The summed E-state index contributed by atoms with van der Waals surface area (Å²) >= 11 is 0. The van der Waals surface area contributed by atoms with Crippen LogP contribution in [-0.2, 0) is 9.05 Å². The van der Waals surface area contributed by atoms with E-state index in [2.05, 4.69) is 0 Å². The summed E-state index contributed by atoms with van der Waals surface area (Å²) in [5.74, 6) is -3.42. The average molecular weight is 353 g/mol. The van der Waals surface area contributed by atoms with Crippen molar-refractivity contribution in [2.24, 2.45) is 5.92 Å². The van der Waals surface area contributed by atoms with E-state index in [1.165, 1.54) is 0 Å². The van der Waals surface area contributed by atoms with E-state index in [4.69, 9.17) is 10.7 Å². The second-order valence-corrected chi connectivity index (χ2v) is 7.42. The van der Waals surface area contributed by atoms with Gasteiger partial charge in [0, 0.05) is 17.1 Å². The smallest absolute Gasteiger partial charge is 0.234 e. The molecule has 0 spiro atoms. The molecule has 0 bridgehead atoms. The van der Waals surface area contributed by atoms with E-state index < -0.39 is 58.0 Å². The van der Waals surface area contributed by atoms with Crippen molar-refractivity contribution < 1.29 is 39.2 Å². The molecule has 0 aromatic rings. The van der Waals surface area contributed by atoms with Gasteiger partial charge in [0.05, 0.1) is 11.7 Å². The Balaban J connectivity index is 4.85. The molecule has 0 aromatic carbocycles. The molecule has 0 aliphatic heterocycles. The summed E-state index contributed by atoms with van der Waals surface area (Å²) in [6.07, 6.45) is -13.9. The van der Waals surface area contributed by atoms with Crippen molar-refractivity contribution in [3.05, 3.63) is 0 Å². The summed E-state index contributed by atoms with van der Waals surface area (Å²) in [4.78, 5) is 0. The van der Waals surface area contributed by atoms with Crippen LogP contribution in [0, 0.1) is 5.92 Å². The van der Waals surface area contributed by atoms with Crippen LogP contribution in [0.15, 0.2) is 0 Å². The first kappa shape index (κ1) is 19.8. The van der Waals surface area contributed by atoms with E-state index in [-0.39, 0.29) is 6.92 Å². The SMILES string of the molecule is CC(F)(CC(CCCS(=O)(=O)Cl)C(F)(F)F)C(F)(F)F. The molecule has 2 atom stereocenters. The lowest BCUT2D eigenvalue weighted by atomic mass is 9.89. The van der Waals surface area contributed by atoms with Crippen molar-refractivity contribution in [2.45, 2.75) is 44.2 Å². The van der Waals surface area contributed by atoms with Crippen LogP contribution in [-0.4, -0.2) is 32.2 Å². The van der Waals surface area contributed by atoms with Gasteiger partial charge < -0.3 is 0 Å². The predicted octanol–water partition coefficient (Wildman–Crippen LogP) is 4.19. The minimum atomic E-state index is -5.44. The van der Waals surface area contributed by atoms with E-state index in [1.807, 2.05) is 0 Å². The molecule has 0 aliphatic rings. The first-order chi connectivity index (χ1) is 8.56. The van der Waals surface area contributed by atoms with Crippen molar-refractivity contribution in [1.82, 2.24) is 0 Å². The molecule has 11 heteroatoms. The summed E-state index contributed by atoms with van der Waals surface area (Å²) in [5, 5.41) is 0. The van der Waals surface area contributed by atoms with E-state index in [0.717, 1.165) is 0 Å². The molecule has 0 saturated heterocycles. The van der Waals surface area contributed by atoms with Crippen LogP contribution in [0.5, 0.6) is 0 Å². The van der Waals surface area contributed by atoms with Crippen LogP contribution in [0.3, 0.4) is 0 Å². The van der Waals surface area contributed by atoms with Gasteiger partial charge in [-0.15, -0.1) is 0 Å². The van der Waals surface area contributed by atoms with Crippen molar-refractivity contribution in [1.29, 1.82) is 0 Å². The van der Waals surface area contributed by atoms with Crippen LogP contribution in [0.25, 0.3) is 0 Å². The third-order valence-corrected chi connectivity index (χ3v) is 3.86. The molecule has 0 saturated carbocycles. The molecule has 0 rings (SSSR count). The van der Waals surface area contributed by atoms with Crippen LogP contribution in [0.2, 0.25) is 0 Å². The highest BCUT2D eigenvalue weighted by Gasteiger charge is 2.56. The Morgan fingerprint density at radius 1 is 1.05 bits per heavy atom. The quantitative estimate of drug-likeness (QED) is 0.530. The molecule has 20 heavy (non-hydrogen) atoms. The van der Waals surface area contributed by atoms with Gasteiger partial charge in [-0.1, -0.05) is 0 Å². The fourth-order valence-electron chi connectivity index (χ4n) is 1.46. The molecule has 2 nitrogen and oxygen atoms in total. The molecule has 0 amide bonds. The van der Waals surface area contributed by atoms with Gasteiger partial charge in [0.25, 0.3) is 0 Å². The Labute approximate surface area is 115 Å². The van der Waals surface area contributed by atoms with Gasteiger partial charge in [0.2, 0.25) is 14.7 Å². The second kappa shape index (κ2) is 6.25. The maximum absolute atomic E-state index is 13.3. The van der Waals surface area contributed by atoms with Gasteiger partial charge in [-0.2, -0.15) is 26.3 Å². The molecule has 0 heterocycles. The lowest BCUT2D eigenvalue weighted by molar-refractivity contribution is -0.248. The topological polar surface area (TPSA) is 34.1 Å². The molecule has 2 unspecified atom stereocenters. The summed E-state index contributed by atoms with van der Waals surface area (Å²) < 4.78 is 109. The lowest BCUT2D eigenvalue weighted by Gasteiger charge is -2.29. The standard InChI is InChI=1S/C9H12ClF7O2S/c1-7(11,9(15,16)17)5-6(8(12,13)14)3-2-4-20(10,18)19/h6H,2-5H2,1H3. The largest absolute Gasteiger partial charge is 0.422 e. The molecular formula is C9H12ClF7O2S. The number of halogens is 8. The van der Waals surface area contributed by atoms with Gasteiger partial charge in [-0.3, -0.25) is 0 Å². The molecule has 0 aliphatic carbocycles. The monoisotopic (exact) mass is 352 g/mol. The second-order valence-electron chi connectivity index (χ2n) is 4.52. The molecular weight excluding hydrogens is 341 g/mol. The first-order valence-corrected chi connectivity index (χ1v) is 7.79. The van der Waals surface area contributed by atoms with E-state index >= 15 is 0 Å². The fourth-order valence-corrected chi connectivity index (χ4v) is 2.30. The van der Waals surface area contributed by atoms with Crippen LogP contribution in [0.1, 0.15) is 26.2 Å². The van der Waals surface area contributed by atoms with Crippen LogP contribution < -0.4 is 0 Å². The highest BCUT2D eigenvalue weighted by molar-refractivity contribution is 8.13. The number of alkyl halides is 7. The van der Waals surface area contributed by atoms with Gasteiger partial charge in [-0.25, -0.2) is 12.8 Å². The van der Waals surface area contributed by atoms with Crippen LogP contribution in [0.4, 0.5) is 30.7 Å². The number of hydrogen-bond donors (Lipinski definition) is 0. The van der Waals surface area contributed by atoms with Crippen molar-refractivity contribution in [3.8, 4) is 0 Å². The van der Waals surface area contributed by atoms with Gasteiger partial charge >= 0.3 is 12.4 Å². The Kier molecular flexibility index (Phi) is 6.17. The first-order valence-electron chi connectivity index (χ1n) is 5.31. The highest BCUT2D eigenvalue weighted by Crippen LogP contribution is 2.44. The lowest BCUT2D eigenvalue weighted by Crippen LogP contribution is -2.42. The third-order valence-electron chi connectivity index (χ3n) is 2.62. The zero-order valence-electron chi connectivity index (χ0n) is 10.2. The van der Waals surface area contributed by atoms with Gasteiger partial charge in [-0.05, 0) is 19.8 Å². The Bertz CT molecular complexity index is 413. The predicted molar refractivity (Wildman–Crippen MR) is 58.6 cm³/mol. The zero-order chi connectivity index (χ0) is 16.4. The number of rotatable bonds is 6. The Hall–Kier alpha value is -0.250.